The number of hydrogen-bond donors (Lipinski definition) is 0. The highest BCUT2D eigenvalue weighted by Gasteiger charge is 2.15. The summed E-state index contributed by atoms with van der Waals surface area (Å²) in [5.41, 5.74) is 5.08. The first-order valence-corrected chi connectivity index (χ1v) is 9.78. The van der Waals surface area contributed by atoms with Crippen LogP contribution in [0.15, 0.2) is 22.5 Å². The zero-order valence-electron chi connectivity index (χ0n) is 16.5. The Morgan fingerprint density at radius 3 is 2.58 bits per heavy atom. The Morgan fingerprint density at radius 2 is 1.92 bits per heavy atom. The minimum atomic E-state index is -0.0207. The summed E-state index contributed by atoms with van der Waals surface area (Å²) in [7, 11) is 3.81. The molecular formula is C20H28N4OS. The topological polar surface area (TPSA) is 48.8 Å². The van der Waals surface area contributed by atoms with Gasteiger partial charge in [0.25, 0.3) is 5.91 Å². The lowest BCUT2D eigenvalue weighted by Gasteiger charge is -2.12. The Kier molecular flexibility index (Phi) is 6.91. The second kappa shape index (κ2) is 8.94. The number of carbonyl (C=O) groups is 1. The molecule has 1 aromatic carbocycles. The van der Waals surface area contributed by atoms with Crippen molar-refractivity contribution < 1.29 is 4.79 Å². The Hall–Kier alpha value is -2.21. The number of hydrogen-bond acceptors (Lipinski definition) is 4. The minimum absolute atomic E-state index is 0.0207. The molecule has 0 fully saturated rings. The molecule has 0 bridgehead atoms. The van der Waals surface area contributed by atoms with Crippen molar-refractivity contribution >= 4 is 29.3 Å². The van der Waals surface area contributed by atoms with Crippen molar-refractivity contribution in [2.24, 2.45) is 4.99 Å². The van der Waals surface area contributed by atoms with Gasteiger partial charge in [-0.1, -0.05) is 6.07 Å². The van der Waals surface area contributed by atoms with Crippen molar-refractivity contribution in [3.8, 4) is 0 Å². The van der Waals surface area contributed by atoms with Gasteiger partial charge < -0.3 is 9.80 Å². The average molecular weight is 373 g/mol. The first kappa shape index (κ1) is 20.1. The SMILES string of the molecule is CCN(C)/C=N/c1cc(C)c(Cc2nc(C(=O)N(C)CC)cs2)cc1C. The van der Waals surface area contributed by atoms with Crippen LogP contribution in [0, 0.1) is 13.8 Å². The zero-order valence-corrected chi connectivity index (χ0v) is 17.4. The monoisotopic (exact) mass is 372 g/mol. The molecule has 2 rings (SSSR count). The van der Waals surface area contributed by atoms with Crippen LogP contribution in [0.1, 0.15) is 46.0 Å². The number of aromatic nitrogens is 1. The van der Waals surface area contributed by atoms with E-state index < -0.39 is 0 Å². The van der Waals surface area contributed by atoms with E-state index in [1.165, 1.54) is 11.1 Å². The van der Waals surface area contributed by atoms with Crippen molar-refractivity contribution in [3.05, 3.63) is 44.9 Å². The zero-order chi connectivity index (χ0) is 19.3. The highest BCUT2D eigenvalue weighted by molar-refractivity contribution is 7.09. The second-order valence-electron chi connectivity index (χ2n) is 6.51. The van der Waals surface area contributed by atoms with Crippen LogP contribution in [0.3, 0.4) is 0 Å². The van der Waals surface area contributed by atoms with E-state index in [9.17, 15) is 4.79 Å². The average Bonchev–Trinajstić information content (AvgIpc) is 3.10. The molecule has 26 heavy (non-hydrogen) atoms. The Balaban J connectivity index is 2.18. The van der Waals surface area contributed by atoms with E-state index in [2.05, 4.69) is 42.9 Å². The van der Waals surface area contributed by atoms with Crippen LogP contribution >= 0.6 is 11.3 Å². The molecule has 0 atom stereocenters. The number of nitrogens with zero attached hydrogens (tertiary/aromatic N) is 4. The molecule has 5 nitrogen and oxygen atoms in total. The van der Waals surface area contributed by atoms with Crippen molar-refractivity contribution in [2.75, 3.05) is 27.2 Å². The Morgan fingerprint density at radius 1 is 1.19 bits per heavy atom. The van der Waals surface area contributed by atoms with Crippen LogP contribution < -0.4 is 0 Å². The van der Waals surface area contributed by atoms with Gasteiger partial charge in [0.15, 0.2) is 0 Å². The second-order valence-corrected chi connectivity index (χ2v) is 7.45. The van der Waals surface area contributed by atoms with Gasteiger partial charge >= 0.3 is 0 Å². The molecule has 0 saturated heterocycles. The lowest BCUT2D eigenvalue weighted by atomic mass is 10.0. The number of aryl methyl sites for hydroxylation is 2. The van der Waals surface area contributed by atoms with E-state index in [-0.39, 0.29) is 5.91 Å². The van der Waals surface area contributed by atoms with E-state index in [4.69, 9.17) is 0 Å². The minimum Gasteiger partial charge on any atom is -0.366 e. The van der Waals surface area contributed by atoms with Crippen molar-refractivity contribution in [1.29, 1.82) is 0 Å². The summed E-state index contributed by atoms with van der Waals surface area (Å²) >= 11 is 1.54. The maximum Gasteiger partial charge on any atom is 0.273 e. The smallest absolute Gasteiger partial charge is 0.273 e. The molecule has 2 aromatic rings. The molecule has 0 aliphatic heterocycles. The first-order valence-electron chi connectivity index (χ1n) is 8.90. The summed E-state index contributed by atoms with van der Waals surface area (Å²) in [6.45, 7) is 9.84. The van der Waals surface area contributed by atoms with Gasteiger partial charge in [-0.05, 0) is 50.5 Å². The number of thiazole rings is 1. The van der Waals surface area contributed by atoms with Gasteiger partial charge in [0.05, 0.1) is 17.0 Å². The van der Waals surface area contributed by atoms with E-state index >= 15 is 0 Å². The molecule has 1 aromatic heterocycles. The van der Waals surface area contributed by atoms with Crippen LogP contribution in [0.2, 0.25) is 0 Å². The molecule has 0 saturated carbocycles. The lowest BCUT2D eigenvalue weighted by molar-refractivity contribution is 0.0797. The number of carbonyl (C=O) groups excluding carboxylic acids is 1. The van der Waals surface area contributed by atoms with Crippen molar-refractivity contribution in [1.82, 2.24) is 14.8 Å². The molecule has 0 unspecified atom stereocenters. The van der Waals surface area contributed by atoms with Gasteiger partial charge in [-0.25, -0.2) is 9.98 Å². The molecule has 1 heterocycles. The molecule has 6 heteroatoms. The summed E-state index contributed by atoms with van der Waals surface area (Å²) in [6, 6.07) is 4.30. The van der Waals surface area contributed by atoms with Crippen LogP contribution in [0.5, 0.6) is 0 Å². The van der Waals surface area contributed by atoms with Gasteiger partial charge in [0.2, 0.25) is 0 Å². The number of amides is 1. The summed E-state index contributed by atoms with van der Waals surface area (Å²) in [4.78, 5) is 25.0. The predicted molar refractivity (Wildman–Crippen MR) is 110 cm³/mol. The van der Waals surface area contributed by atoms with E-state index in [0.29, 0.717) is 12.2 Å². The molecule has 0 radical (unpaired) electrons. The van der Waals surface area contributed by atoms with Crippen molar-refractivity contribution in [3.63, 3.8) is 0 Å². The van der Waals surface area contributed by atoms with Crippen LogP contribution in [0.25, 0.3) is 0 Å². The van der Waals surface area contributed by atoms with Gasteiger partial charge in [-0.15, -0.1) is 11.3 Å². The van der Waals surface area contributed by atoms with Gasteiger partial charge in [0, 0.05) is 39.0 Å². The van der Waals surface area contributed by atoms with Gasteiger partial charge in [-0.3, -0.25) is 4.79 Å². The molecule has 0 aliphatic rings. The highest BCUT2D eigenvalue weighted by Crippen LogP contribution is 2.26. The van der Waals surface area contributed by atoms with E-state index in [1.807, 2.05) is 30.6 Å². The van der Waals surface area contributed by atoms with E-state index in [1.54, 1.807) is 23.3 Å². The summed E-state index contributed by atoms with van der Waals surface area (Å²) in [5, 5.41) is 2.81. The Bertz CT molecular complexity index is 797. The van der Waals surface area contributed by atoms with Crippen molar-refractivity contribution in [2.45, 2.75) is 34.1 Å². The first-order chi connectivity index (χ1) is 12.3. The fraction of sp³-hybridized carbons (Fsp3) is 0.450. The third-order valence-corrected chi connectivity index (χ3v) is 5.33. The molecule has 0 aliphatic carbocycles. The summed E-state index contributed by atoms with van der Waals surface area (Å²) < 4.78 is 0. The molecule has 0 spiro atoms. The molecular weight excluding hydrogens is 344 g/mol. The lowest BCUT2D eigenvalue weighted by Crippen LogP contribution is -2.26. The number of aliphatic imine (C=N–C) groups is 1. The standard InChI is InChI=1S/C20H28N4OS/c1-7-23(5)13-21-17-10-14(3)16(9-15(17)4)11-19-22-18(12-26-19)20(25)24(6)8-2/h9-10,12-13H,7-8,11H2,1-6H3/b21-13+. The maximum atomic E-state index is 12.2. The normalized spacial score (nSPS) is 11.2. The number of benzene rings is 1. The third kappa shape index (κ3) is 4.91. The Labute approximate surface area is 160 Å². The largest absolute Gasteiger partial charge is 0.366 e. The highest BCUT2D eigenvalue weighted by atomic mass is 32.1. The van der Waals surface area contributed by atoms with Gasteiger partial charge in [-0.2, -0.15) is 0 Å². The quantitative estimate of drug-likeness (QED) is 0.544. The molecule has 1 amide bonds. The summed E-state index contributed by atoms with van der Waals surface area (Å²) in [6.07, 6.45) is 2.60. The fourth-order valence-corrected chi connectivity index (χ4v) is 3.22. The van der Waals surface area contributed by atoms with Crippen LogP contribution in [-0.2, 0) is 6.42 Å². The molecule has 0 N–H and O–H groups in total. The summed E-state index contributed by atoms with van der Waals surface area (Å²) in [5.74, 6) is -0.0207. The fourth-order valence-electron chi connectivity index (χ4n) is 2.43. The van der Waals surface area contributed by atoms with Gasteiger partial charge in [0.1, 0.15) is 5.69 Å². The number of rotatable bonds is 7. The predicted octanol–water partition coefficient (Wildman–Crippen LogP) is 4.05. The van der Waals surface area contributed by atoms with Crippen LogP contribution in [-0.4, -0.2) is 54.2 Å². The third-order valence-electron chi connectivity index (χ3n) is 4.48. The van der Waals surface area contributed by atoms with Crippen LogP contribution in [0.4, 0.5) is 5.69 Å². The maximum absolute atomic E-state index is 12.2. The van der Waals surface area contributed by atoms with E-state index in [0.717, 1.165) is 29.2 Å². The molecule has 140 valence electrons.